The highest BCUT2D eigenvalue weighted by Crippen LogP contribution is 2.40. The molecule has 4 heteroatoms. The largest absolute Gasteiger partial charge is 0.309 e. The van der Waals surface area contributed by atoms with Gasteiger partial charge in [-0.15, -0.1) is 0 Å². The first kappa shape index (κ1) is 28.6. The van der Waals surface area contributed by atoms with Crippen molar-refractivity contribution in [3.05, 3.63) is 182 Å². The lowest BCUT2D eigenvalue weighted by Gasteiger charge is -2.15. The quantitative estimate of drug-likeness (QED) is 0.184. The molecule has 230 valence electrons. The summed E-state index contributed by atoms with van der Waals surface area (Å²) in [6.07, 6.45) is 0. The minimum Gasteiger partial charge on any atom is -0.309 e. The average molecular weight is 627 g/mol. The zero-order chi connectivity index (χ0) is 32.6. The van der Waals surface area contributed by atoms with Gasteiger partial charge < -0.3 is 4.57 Å². The number of fused-ring (bicyclic) bond motifs is 3. The predicted octanol–water partition coefficient (Wildman–Crippen LogP) is 11.3. The summed E-state index contributed by atoms with van der Waals surface area (Å²) < 4.78 is 2.35. The molecule has 0 saturated heterocycles. The molecule has 0 aliphatic heterocycles. The van der Waals surface area contributed by atoms with Gasteiger partial charge in [-0.25, -0.2) is 15.0 Å². The van der Waals surface area contributed by atoms with Crippen LogP contribution < -0.4 is 0 Å². The zero-order valence-electron chi connectivity index (χ0n) is 26.6. The van der Waals surface area contributed by atoms with Crippen LogP contribution in [-0.2, 0) is 0 Å². The van der Waals surface area contributed by atoms with E-state index in [1.165, 1.54) is 21.8 Å². The lowest BCUT2D eigenvalue weighted by atomic mass is 9.91. The molecule has 2 aromatic heterocycles. The molecule has 4 nitrogen and oxygen atoms in total. The van der Waals surface area contributed by atoms with Crippen molar-refractivity contribution < 1.29 is 0 Å². The van der Waals surface area contributed by atoms with Crippen molar-refractivity contribution >= 4 is 21.8 Å². The first-order chi connectivity index (χ1) is 24.3. The summed E-state index contributed by atoms with van der Waals surface area (Å²) in [7, 11) is 0. The number of hydrogen-bond acceptors (Lipinski definition) is 3. The molecule has 0 radical (unpaired) electrons. The zero-order valence-corrected chi connectivity index (χ0v) is 26.6. The third kappa shape index (κ3) is 5.16. The minimum atomic E-state index is 0.638. The molecule has 0 saturated carbocycles. The van der Waals surface area contributed by atoms with E-state index in [0.29, 0.717) is 17.5 Å². The third-order valence-corrected chi connectivity index (χ3v) is 9.08. The number of nitrogens with zero attached hydrogens (tertiary/aromatic N) is 4. The van der Waals surface area contributed by atoms with Gasteiger partial charge in [0.05, 0.1) is 11.0 Å². The Morgan fingerprint density at radius 2 is 0.776 bits per heavy atom. The average Bonchev–Trinajstić information content (AvgIpc) is 3.52. The van der Waals surface area contributed by atoms with E-state index in [1.54, 1.807) is 0 Å². The highest BCUT2D eigenvalue weighted by atomic mass is 15.0. The van der Waals surface area contributed by atoms with Gasteiger partial charge in [0.1, 0.15) is 0 Å². The third-order valence-electron chi connectivity index (χ3n) is 9.08. The van der Waals surface area contributed by atoms with E-state index in [0.717, 1.165) is 44.6 Å². The van der Waals surface area contributed by atoms with Gasteiger partial charge in [0.25, 0.3) is 0 Å². The van der Waals surface area contributed by atoms with Crippen molar-refractivity contribution in [1.29, 1.82) is 0 Å². The normalized spacial score (nSPS) is 11.3. The molecule has 0 aliphatic carbocycles. The summed E-state index contributed by atoms with van der Waals surface area (Å²) in [5.74, 6) is 1.93. The van der Waals surface area contributed by atoms with Crippen LogP contribution in [0.4, 0.5) is 0 Å². The van der Waals surface area contributed by atoms with E-state index in [9.17, 15) is 0 Å². The Morgan fingerprint density at radius 3 is 1.43 bits per heavy atom. The summed E-state index contributed by atoms with van der Waals surface area (Å²) in [6, 6.07) is 63.4. The summed E-state index contributed by atoms with van der Waals surface area (Å²) in [5, 5.41) is 2.45. The van der Waals surface area contributed by atoms with Gasteiger partial charge in [0.2, 0.25) is 0 Å². The molecular weight excluding hydrogens is 597 g/mol. The van der Waals surface area contributed by atoms with Gasteiger partial charge in [0.15, 0.2) is 17.5 Å². The van der Waals surface area contributed by atoms with Crippen molar-refractivity contribution in [3.8, 4) is 62.1 Å². The van der Waals surface area contributed by atoms with Gasteiger partial charge in [-0.05, 0) is 52.6 Å². The SMILES string of the molecule is c1ccc(-c2nc(-c3ccccc3)nc(-c3ccccc3-c3ccccc3-c3ccc4c(c3)c3ccccc3n4-c3ccccc3)n2)cc1. The van der Waals surface area contributed by atoms with Crippen LogP contribution in [0.25, 0.3) is 83.9 Å². The summed E-state index contributed by atoms with van der Waals surface area (Å²) in [5.41, 5.74) is 10.9. The molecule has 0 atom stereocenters. The van der Waals surface area contributed by atoms with Crippen molar-refractivity contribution in [2.45, 2.75) is 0 Å². The van der Waals surface area contributed by atoms with E-state index >= 15 is 0 Å². The second-order valence-electron chi connectivity index (χ2n) is 12.0. The lowest BCUT2D eigenvalue weighted by Crippen LogP contribution is -2.01. The number of hydrogen-bond donors (Lipinski definition) is 0. The second kappa shape index (κ2) is 12.2. The molecule has 0 N–H and O–H groups in total. The van der Waals surface area contributed by atoms with Crippen molar-refractivity contribution in [3.63, 3.8) is 0 Å². The van der Waals surface area contributed by atoms with Crippen LogP contribution in [0, 0.1) is 0 Å². The highest BCUT2D eigenvalue weighted by Gasteiger charge is 2.19. The van der Waals surface area contributed by atoms with Gasteiger partial charge in [-0.2, -0.15) is 0 Å². The highest BCUT2D eigenvalue weighted by molar-refractivity contribution is 6.11. The molecule has 9 aromatic rings. The van der Waals surface area contributed by atoms with Crippen LogP contribution in [0.2, 0.25) is 0 Å². The van der Waals surface area contributed by atoms with E-state index < -0.39 is 0 Å². The Labute approximate surface area is 284 Å². The summed E-state index contributed by atoms with van der Waals surface area (Å²) in [4.78, 5) is 15.1. The lowest BCUT2D eigenvalue weighted by molar-refractivity contribution is 1.07. The minimum absolute atomic E-state index is 0.638. The fraction of sp³-hybridized carbons (Fsp3) is 0. The molecule has 49 heavy (non-hydrogen) atoms. The molecular formula is C45H30N4. The molecule has 0 spiro atoms. The monoisotopic (exact) mass is 626 g/mol. The molecule has 0 amide bonds. The Balaban J connectivity index is 1.22. The summed E-state index contributed by atoms with van der Waals surface area (Å²) in [6.45, 7) is 0. The molecule has 0 unspecified atom stereocenters. The predicted molar refractivity (Wildman–Crippen MR) is 201 cm³/mol. The van der Waals surface area contributed by atoms with E-state index in [1.807, 2.05) is 60.7 Å². The van der Waals surface area contributed by atoms with Crippen LogP contribution in [0.1, 0.15) is 0 Å². The maximum absolute atomic E-state index is 5.07. The van der Waals surface area contributed by atoms with Crippen LogP contribution in [-0.4, -0.2) is 19.5 Å². The first-order valence-corrected chi connectivity index (χ1v) is 16.5. The molecule has 0 bridgehead atoms. The first-order valence-electron chi connectivity index (χ1n) is 16.5. The van der Waals surface area contributed by atoms with Crippen LogP contribution in [0.5, 0.6) is 0 Å². The van der Waals surface area contributed by atoms with E-state index in [-0.39, 0.29) is 0 Å². The molecule has 0 fully saturated rings. The van der Waals surface area contributed by atoms with E-state index in [4.69, 9.17) is 15.0 Å². The number of para-hydroxylation sites is 2. The molecule has 0 aliphatic rings. The Hall–Kier alpha value is -6.65. The summed E-state index contributed by atoms with van der Waals surface area (Å²) >= 11 is 0. The van der Waals surface area contributed by atoms with Crippen LogP contribution >= 0.6 is 0 Å². The Bertz CT molecular complexity index is 2530. The topological polar surface area (TPSA) is 43.6 Å². The fourth-order valence-corrected chi connectivity index (χ4v) is 6.81. The maximum atomic E-state index is 5.07. The van der Waals surface area contributed by atoms with Crippen LogP contribution in [0.3, 0.4) is 0 Å². The van der Waals surface area contributed by atoms with Crippen molar-refractivity contribution in [1.82, 2.24) is 19.5 Å². The van der Waals surface area contributed by atoms with Gasteiger partial charge in [-0.1, -0.05) is 152 Å². The van der Waals surface area contributed by atoms with Crippen molar-refractivity contribution in [2.75, 3.05) is 0 Å². The molecule has 9 rings (SSSR count). The second-order valence-corrected chi connectivity index (χ2v) is 12.0. The number of benzene rings is 7. The van der Waals surface area contributed by atoms with Gasteiger partial charge in [0, 0.05) is 33.2 Å². The van der Waals surface area contributed by atoms with Gasteiger partial charge in [-0.3, -0.25) is 0 Å². The molecule has 2 heterocycles. The smallest absolute Gasteiger partial charge is 0.164 e. The van der Waals surface area contributed by atoms with E-state index in [2.05, 4.69) is 126 Å². The Morgan fingerprint density at radius 1 is 0.306 bits per heavy atom. The number of aromatic nitrogens is 4. The maximum Gasteiger partial charge on any atom is 0.164 e. The van der Waals surface area contributed by atoms with Crippen molar-refractivity contribution in [2.24, 2.45) is 0 Å². The number of rotatable bonds is 6. The molecule has 7 aromatic carbocycles. The standard InChI is InChI=1S/C45H30N4/c1-4-16-31(17-5-1)43-46-44(32-18-6-2-7-19-32)48-45(47-43)39-26-13-12-24-37(39)36-23-11-10-22-35(36)33-28-29-42-40(30-33)38-25-14-15-27-41(38)49(42)34-20-8-3-9-21-34/h1-30H. The fourth-order valence-electron chi connectivity index (χ4n) is 6.81. The Kier molecular flexibility index (Phi) is 7.10. The van der Waals surface area contributed by atoms with Crippen LogP contribution in [0.15, 0.2) is 182 Å². The van der Waals surface area contributed by atoms with Gasteiger partial charge >= 0.3 is 0 Å².